The van der Waals surface area contributed by atoms with Crippen molar-refractivity contribution in [1.29, 1.82) is 0 Å². The molecule has 2 aromatic carbocycles. The van der Waals surface area contributed by atoms with Gasteiger partial charge in [0.1, 0.15) is 6.04 Å². The van der Waals surface area contributed by atoms with Crippen molar-refractivity contribution >= 4 is 33.7 Å². The van der Waals surface area contributed by atoms with Crippen LogP contribution in [0.2, 0.25) is 0 Å². The van der Waals surface area contributed by atoms with Crippen LogP contribution in [0.3, 0.4) is 0 Å². The number of methoxy groups -OCH3 is 1. The first-order valence-corrected chi connectivity index (χ1v) is 9.62. The second-order valence-corrected chi connectivity index (χ2v) is 7.43. The van der Waals surface area contributed by atoms with Crippen LogP contribution in [0.25, 0.3) is 21.8 Å². The fourth-order valence-electron chi connectivity index (χ4n) is 4.47. The molecule has 1 unspecified atom stereocenters. The third-order valence-electron chi connectivity index (χ3n) is 5.79. The number of hydrogen-bond donors (Lipinski definition) is 2. The summed E-state index contributed by atoms with van der Waals surface area (Å²) in [6.07, 6.45) is 2.42. The maximum absolute atomic E-state index is 12.4. The highest BCUT2D eigenvalue weighted by Gasteiger charge is 2.35. The monoisotopic (exact) mass is 387 g/mol. The van der Waals surface area contributed by atoms with Crippen LogP contribution in [-0.4, -0.2) is 34.6 Å². The molecule has 0 spiro atoms. The minimum absolute atomic E-state index is 0.0513. The average molecular weight is 387 g/mol. The number of hydrogen-bond acceptors (Lipinski definition) is 4. The van der Waals surface area contributed by atoms with Crippen LogP contribution in [0, 0.1) is 0 Å². The molecule has 6 heteroatoms. The molecular formula is C23H21N3O3. The Balaban J connectivity index is 1.76. The number of esters is 1. The molecule has 0 bridgehead atoms. The molecule has 2 atom stereocenters. The summed E-state index contributed by atoms with van der Waals surface area (Å²) < 4.78 is 6.70. The number of para-hydroxylation sites is 2. The summed E-state index contributed by atoms with van der Waals surface area (Å²) >= 11 is 0. The van der Waals surface area contributed by atoms with E-state index in [0.717, 1.165) is 38.6 Å². The number of carbonyl (C=O) groups is 2. The van der Waals surface area contributed by atoms with E-state index in [2.05, 4.69) is 16.4 Å². The Hall–Kier alpha value is -3.38. The van der Waals surface area contributed by atoms with E-state index in [4.69, 9.17) is 4.74 Å². The van der Waals surface area contributed by atoms with E-state index in [1.54, 1.807) is 11.5 Å². The van der Waals surface area contributed by atoms with Crippen LogP contribution in [0.5, 0.6) is 0 Å². The van der Waals surface area contributed by atoms with E-state index in [0.29, 0.717) is 6.42 Å². The molecule has 2 N–H and O–H groups in total. The fraction of sp³-hybridized carbons (Fsp3) is 0.217. The van der Waals surface area contributed by atoms with Gasteiger partial charge in [-0.2, -0.15) is 0 Å². The van der Waals surface area contributed by atoms with Gasteiger partial charge in [-0.25, -0.2) is 0 Å². The normalized spacial score (nSPS) is 18.7. The van der Waals surface area contributed by atoms with Crippen molar-refractivity contribution < 1.29 is 14.3 Å². The van der Waals surface area contributed by atoms with Gasteiger partial charge >= 0.3 is 5.97 Å². The first kappa shape index (κ1) is 17.7. The first-order valence-electron chi connectivity index (χ1n) is 9.62. The van der Waals surface area contributed by atoms with Crippen molar-refractivity contribution in [2.45, 2.75) is 25.4 Å². The zero-order valence-electron chi connectivity index (χ0n) is 16.2. The molecule has 5 rings (SSSR count). The summed E-state index contributed by atoms with van der Waals surface area (Å²) in [7, 11) is 1.41. The molecule has 6 nitrogen and oxygen atoms in total. The predicted molar refractivity (Wildman–Crippen MR) is 111 cm³/mol. The highest BCUT2D eigenvalue weighted by atomic mass is 16.5. The Kier molecular flexibility index (Phi) is 4.03. The van der Waals surface area contributed by atoms with Crippen LogP contribution < -0.4 is 5.32 Å². The van der Waals surface area contributed by atoms with Crippen molar-refractivity contribution in [3.8, 4) is 0 Å². The molecule has 0 aliphatic carbocycles. The summed E-state index contributed by atoms with van der Waals surface area (Å²) in [5.74, 6) is -0.342. The van der Waals surface area contributed by atoms with Crippen molar-refractivity contribution in [2.24, 2.45) is 0 Å². The lowest BCUT2D eigenvalue weighted by Crippen LogP contribution is -2.45. The second-order valence-electron chi connectivity index (χ2n) is 7.43. The van der Waals surface area contributed by atoms with E-state index >= 15 is 0 Å². The maximum Gasteiger partial charge on any atom is 0.323 e. The van der Waals surface area contributed by atoms with E-state index < -0.39 is 6.04 Å². The highest BCUT2D eigenvalue weighted by Crippen LogP contribution is 2.38. The average Bonchev–Trinajstić information content (AvgIpc) is 3.31. The van der Waals surface area contributed by atoms with Crippen molar-refractivity contribution in [3.05, 3.63) is 71.5 Å². The number of ether oxygens (including phenoxy) is 1. The predicted octanol–water partition coefficient (Wildman–Crippen LogP) is 3.56. The number of fused-ring (bicyclic) bond motifs is 4. The van der Waals surface area contributed by atoms with Gasteiger partial charge in [0.15, 0.2) is 0 Å². The van der Waals surface area contributed by atoms with Gasteiger partial charge in [0.2, 0.25) is 5.91 Å². The van der Waals surface area contributed by atoms with Crippen LogP contribution >= 0.6 is 0 Å². The third kappa shape index (κ3) is 2.68. The van der Waals surface area contributed by atoms with E-state index in [1.807, 2.05) is 48.7 Å². The smallest absolute Gasteiger partial charge is 0.323 e. The van der Waals surface area contributed by atoms with Gasteiger partial charge in [-0.15, -0.1) is 0 Å². The number of nitrogens with one attached hydrogen (secondary N) is 2. The molecule has 0 fully saturated rings. The van der Waals surface area contributed by atoms with Gasteiger partial charge in [0.25, 0.3) is 0 Å². The second kappa shape index (κ2) is 6.60. The van der Waals surface area contributed by atoms with Gasteiger partial charge in [-0.3, -0.25) is 19.5 Å². The molecule has 0 saturated carbocycles. The molecule has 29 heavy (non-hydrogen) atoms. The first-order chi connectivity index (χ1) is 14.1. The number of carbonyl (C=O) groups excluding carboxylic acids is 2. The van der Waals surface area contributed by atoms with E-state index in [9.17, 15) is 9.59 Å². The minimum Gasteiger partial charge on any atom is -0.468 e. The number of aromatic amines is 1. The van der Waals surface area contributed by atoms with Gasteiger partial charge in [-0.1, -0.05) is 36.4 Å². The molecule has 2 aromatic heterocycles. The topological polar surface area (TPSA) is 76.1 Å². The van der Waals surface area contributed by atoms with Crippen molar-refractivity contribution in [2.75, 3.05) is 7.11 Å². The van der Waals surface area contributed by atoms with Crippen LogP contribution in [-0.2, 0) is 16.0 Å². The molecule has 146 valence electrons. The maximum atomic E-state index is 12.4. The lowest BCUT2D eigenvalue weighted by molar-refractivity contribution is -0.143. The Morgan fingerprint density at radius 2 is 1.79 bits per heavy atom. The SMILES string of the molecule is COC(=O)C1Cc2c([nH]c3ccccc23)[C@@H](c2cn(C(C)=O)c3ccccc23)N1. The van der Waals surface area contributed by atoms with Crippen LogP contribution in [0.1, 0.15) is 34.6 Å². The zero-order chi connectivity index (χ0) is 20.1. The van der Waals surface area contributed by atoms with Crippen molar-refractivity contribution in [3.63, 3.8) is 0 Å². The number of aromatic nitrogens is 2. The van der Waals surface area contributed by atoms with Gasteiger partial charge in [0, 0.05) is 47.1 Å². The largest absolute Gasteiger partial charge is 0.468 e. The Bertz CT molecular complexity index is 1270. The van der Waals surface area contributed by atoms with Crippen LogP contribution in [0.4, 0.5) is 0 Å². The Morgan fingerprint density at radius 1 is 1.07 bits per heavy atom. The number of rotatable bonds is 2. The Labute approximate surface area is 167 Å². The molecule has 3 heterocycles. The van der Waals surface area contributed by atoms with Gasteiger partial charge in [-0.05, 0) is 17.7 Å². The summed E-state index contributed by atoms with van der Waals surface area (Å²) in [6.45, 7) is 1.55. The lowest BCUT2D eigenvalue weighted by atomic mass is 9.90. The molecule has 0 radical (unpaired) electrons. The summed E-state index contributed by atoms with van der Waals surface area (Å²) in [4.78, 5) is 28.2. The number of nitrogens with zero attached hydrogens (tertiary/aromatic N) is 1. The molecule has 0 amide bonds. The van der Waals surface area contributed by atoms with Crippen LogP contribution in [0.15, 0.2) is 54.7 Å². The summed E-state index contributed by atoms with van der Waals surface area (Å²) in [5, 5.41) is 5.54. The Morgan fingerprint density at radius 3 is 2.55 bits per heavy atom. The summed E-state index contributed by atoms with van der Waals surface area (Å²) in [6, 6.07) is 15.2. The zero-order valence-corrected chi connectivity index (χ0v) is 16.2. The molecule has 4 aromatic rings. The standard InChI is InChI=1S/C23H21N3O3/c1-13(27)26-12-17(15-8-4-6-10-20(15)26)22-21-16(11-19(25-22)23(28)29-2)14-7-3-5-9-18(14)24-21/h3-10,12,19,22,24-25H,11H2,1-2H3/t19?,22-/m1/s1. The number of H-pyrrole nitrogens is 1. The highest BCUT2D eigenvalue weighted by molar-refractivity contribution is 5.95. The minimum atomic E-state index is -0.462. The van der Waals surface area contributed by atoms with Crippen molar-refractivity contribution in [1.82, 2.24) is 14.9 Å². The van der Waals surface area contributed by atoms with Gasteiger partial charge in [0.05, 0.1) is 18.7 Å². The lowest BCUT2D eigenvalue weighted by Gasteiger charge is -2.30. The summed E-state index contributed by atoms with van der Waals surface area (Å²) in [5.41, 5.74) is 4.98. The molecule has 0 saturated heterocycles. The fourth-order valence-corrected chi connectivity index (χ4v) is 4.47. The molecular weight excluding hydrogens is 366 g/mol. The molecule has 1 aliphatic rings. The quantitative estimate of drug-likeness (QED) is 0.516. The third-order valence-corrected chi connectivity index (χ3v) is 5.79. The van der Waals surface area contributed by atoms with Gasteiger partial charge < -0.3 is 9.72 Å². The van der Waals surface area contributed by atoms with E-state index in [1.165, 1.54) is 7.11 Å². The molecule has 1 aliphatic heterocycles. The number of benzene rings is 2. The van der Waals surface area contributed by atoms with E-state index in [-0.39, 0.29) is 17.9 Å².